The molecule has 1 heterocycles. The van der Waals surface area contributed by atoms with Gasteiger partial charge in [-0.1, -0.05) is 0 Å². The first-order chi connectivity index (χ1) is 8.30. The standard InChI is InChI=1S/C12H20N4O2/c1-8-14-9(13-7-11(17)18-5)6-10(15-8)16-12(2,3)4/h6H,7H2,1-5H3,(H2,13,14,15,16). The number of aromatic nitrogens is 2. The first kappa shape index (κ1) is 14.2. The molecule has 1 aromatic heterocycles. The van der Waals surface area contributed by atoms with E-state index >= 15 is 0 Å². The van der Waals surface area contributed by atoms with Crippen LogP contribution in [0.1, 0.15) is 26.6 Å². The highest BCUT2D eigenvalue weighted by atomic mass is 16.5. The van der Waals surface area contributed by atoms with E-state index in [1.54, 1.807) is 13.0 Å². The van der Waals surface area contributed by atoms with Gasteiger partial charge in [-0.05, 0) is 27.7 Å². The number of nitrogens with one attached hydrogen (secondary N) is 2. The minimum Gasteiger partial charge on any atom is -0.468 e. The van der Waals surface area contributed by atoms with Crippen LogP contribution < -0.4 is 10.6 Å². The van der Waals surface area contributed by atoms with Crippen LogP contribution >= 0.6 is 0 Å². The van der Waals surface area contributed by atoms with Gasteiger partial charge in [0.25, 0.3) is 0 Å². The van der Waals surface area contributed by atoms with Crippen LogP contribution in [0.4, 0.5) is 11.6 Å². The molecule has 18 heavy (non-hydrogen) atoms. The van der Waals surface area contributed by atoms with Crippen LogP contribution in [0.2, 0.25) is 0 Å². The van der Waals surface area contributed by atoms with Crippen molar-refractivity contribution in [3.05, 3.63) is 11.9 Å². The van der Waals surface area contributed by atoms with Crippen LogP contribution in [0.3, 0.4) is 0 Å². The van der Waals surface area contributed by atoms with Crippen molar-refractivity contribution in [3.63, 3.8) is 0 Å². The van der Waals surface area contributed by atoms with Crippen LogP contribution in [0.5, 0.6) is 0 Å². The third-order valence-electron chi connectivity index (χ3n) is 1.98. The number of esters is 1. The second kappa shape index (κ2) is 5.66. The Balaban J connectivity index is 2.77. The van der Waals surface area contributed by atoms with Gasteiger partial charge in [0.05, 0.1) is 7.11 Å². The summed E-state index contributed by atoms with van der Waals surface area (Å²) in [5.74, 6) is 1.62. The molecule has 0 spiro atoms. The quantitative estimate of drug-likeness (QED) is 0.792. The number of nitrogens with zero attached hydrogens (tertiary/aromatic N) is 2. The minimum absolute atomic E-state index is 0.0829. The van der Waals surface area contributed by atoms with Gasteiger partial charge >= 0.3 is 5.97 Å². The first-order valence-corrected chi connectivity index (χ1v) is 5.75. The molecule has 1 rings (SSSR count). The van der Waals surface area contributed by atoms with E-state index in [0.717, 1.165) is 5.82 Å². The van der Waals surface area contributed by atoms with E-state index in [-0.39, 0.29) is 18.1 Å². The summed E-state index contributed by atoms with van der Waals surface area (Å²) in [7, 11) is 1.35. The molecule has 0 bridgehead atoms. The highest BCUT2D eigenvalue weighted by Crippen LogP contribution is 2.15. The molecule has 0 fully saturated rings. The maximum absolute atomic E-state index is 11.0. The Labute approximate surface area is 107 Å². The average Bonchev–Trinajstić information content (AvgIpc) is 2.22. The molecule has 6 heteroatoms. The third-order valence-corrected chi connectivity index (χ3v) is 1.98. The Hall–Kier alpha value is -1.85. The molecule has 0 aliphatic carbocycles. The zero-order chi connectivity index (χ0) is 13.8. The molecule has 1 aromatic rings. The number of hydrogen-bond acceptors (Lipinski definition) is 6. The molecule has 6 nitrogen and oxygen atoms in total. The van der Waals surface area contributed by atoms with Gasteiger partial charge in [-0.3, -0.25) is 4.79 Å². The predicted octanol–water partition coefficient (Wildman–Crippen LogP) is 1.58. The van der Waals surface area contributed by atoms with Gasteiger partial charge in [-0.25, -0.2) is 9.97 Å². The SMILES string of the molecule is COC(=O)CNc1cc(NC(C)(C)C)nc(C)n1. The van der Waals surface area contributed by atoms with Crippen molar-refractivity contribution in [2.45, 2.75) is 33.2 Å². The molecule has 2 N–H and O–H groups in total. The monoisotopic (exact) mass is 252 g/mol. The Bertz CT molecular complexity index is 427. The van der Waals surface area contributed by atoms with Crippen molar-refractivity contribution in [1.29, 1.82) is 0 Å². The Morgan fingerprint density at radius 3 is 2.50 bits per heavy atom. The van der Waals surface area contributed by atoms with Crippen molar-refractivity contribution in [2.75, 3.05) is 24.3 Å². The van der Waals surface area contributed by atoms with Crippen molar-refractivity contribution in [1.82, 2.24) is 9.97 Å². The van der Waals surface area contributed by atoms with E-state index in [4.69, 9.17) is 0 Å². The van der Waals surface area contributed by atoms with Crippen molar-refractivity contribution >= 4 is 17.6 Å². The summed E-state index contributed by atoms with van der Waals surface area (Å²) in [5.41, 5.74) is -0.0829. The normalized spacial score (nSPS) is 10.9. The smallest absolute Gasteiger partial charge is 0.325 e. The number of carbonyl (C=O) groups excluding carboxylic acids is 1. The third kappa shape index (κ3) is 4.99. The summed E-state index contributed by atoms with van der Waals surface area (Å²) in [6.45, 7) is 8.03. The van der Waals surface area contributed by atoms with Crippen molar-refractivity contribution in [2.24, 2.45) is 0 Å². The number of aryl methyl sites for hydroxylation is 1. The van der Waals surface area contributed by atoms with Crippen LogP contribution in [0, 0.1) is 6.92 Å². The summed E-state index contributed by atoms with van der Waals surface area (Å²) < 4.78 is 4.55. The molecule has 100 valence electrons. The van der Waals surface area contributed by atoms with Gasteiger partial charge in [0.2, 0.25) is 0 Å². The van der Waals surface area contributed by atoms with Gasteiger partial charge in [0.1, 0.15) is 24.0 Å². The van der Waals surface area contributed by atoms with Crippen LogP contribution in [-0.2, 0) is 9.53 Å². The fourth-order valence-electron chi connectivity index (χ4n) is 1.34. The van der Waals surface area contributed by atoms with Crippen molar-refractivity contribution < 1.29 is 9.53 Å². The Kier molecular flexibility index (Phi) is 4.47. The number of methoxy groups -OCH3 is 1. The molecule has 0 aliphatic heterocycles. The highest BCUT2D eigenvalue weighted by Gasteiger charge is 2.11. The zero-order valence-electron chi connectivity index (χ0n) is 11.5. The molecular weight excluding hydrogens is 232 g/mol. The topological polar surface area (TPSA) is 76.1 Å². The summed E-state index contributed by atoms with van der Waals surface area (Å²) in [4.78, 5) is 19.5. The van der Waals surface area contributed by atoms with Gasteiger partial charge in [-0.2, -0.15) is 0 Å². The molecule has 0 unspecified atom stereocenters. The number of ether oxygens (including phenoxy) is 1. The van der Waals surface area contributed by atoms with E-state index < -0.39 is 0 Å². The maximum Gasteiger partial charge on any atom is 0.325 e. The summed E-state index contributed by atoms with van der Waals surface area (Å²) in [6, 6.07) is 1.77. The van der Waals surface area contributed by atoms with Crippen molar-refractivity contribution in [3.8, 4) is 0 Å². The van der Waals surface area contributed by atoms with E-state index in [9.17, 15) is 4.79 Å². The highest BCUT2D eigenvalue weighted by molar-refractivity contribution is 5.74. The van der Waals surface area contributed by atoms with Crippen LogP contribution in [0.15, 0.2) is 6.07 Å². The summed E-state index contributed by atoms with van der Waals surface area (Å²) >= 11 is 0. The maximum atomic E-state index is 11.0. The van der Waals surface area contributed by atoms with Gasteiger partial charge in [0, 0.05) is 11.6 Å². The van der Waals surface area contributed by atoms with Gasteiger partial charge < -0.3 is 15.4 Å². The first-order valence-electron chi connectivity index (χ1n) is 5.75. The second-order valence-electron chi connectivity index (χ2n) is 4.99. The lowest BCUT2D eigenvalue weighted by molar-refractivity contribution is -0.138. The molecule has 0 aliphatic rings. The lowest BCUT2D eigenvalue weighted by Gasteiger charge is -2.21. The number of anilines is 2. The van der Waals surface area contributed by atoms with Crippen LogP contribution in [0.25, 0.3) is 0 Å². The largest absolute Gasteiger partial charge is 0.468 e. The van der Waals surface area contributed by atoms with E-state index in [2.05, 4.69) is 25.3 Å². The van der Waals surface area contributed by atoms with E-state index in [1.807, 2.05) is 20.8 Å². The molecular formula is C12H20N4O2. The van der Waals surface area contributed by atoms with Gasteiger partial charge in [0.15, 0.2) is 0 Å². The molecule has 0 aromatic carbocycles. The second-order valence-corrected chi connectivity index (χ2v) is 4.99. The number of rotatable bonds is 4. The zero-order valence-corrected chi connectivity index (χ0v) is 11.5. The fourth-order valence-corrected chi connectivity index (χ4v) is 1.34. The average molecular weight is 252 g/mol. The Morgan fingerprint density at radius 2 is 1.94 bits per heavy atom. The van der Waals surface area contributed by atoms with Crippen LogP contribution in [-0.4, -0.2) is 35.1 Å². The Morgan fingerprint density at radius 1 is 1.33 bits per heavy atom. The fraction of sp³-hybridized carbons (Fsp3) is 0.583. The number of carbonyl (C=O) groups is 1. The summed E-state index contributed by atoms with van der Waals surface area (Å²) in [5, 5.41) is 6.15. The van der Waals surface area contributed by atoms with E-state index in [0.29, 0.717) is 11.6 Å². The molecule has 0 saturated carbocycles. The molecule has 0 atom stereocenters. The minimum atomic E-state index is -0.336. The number of hydrogen-bond donors (Lipinski definition) is 2. The predicted molar refractivity (Wildman–Crippen MR) is 70.7 cm³/mol. The molecule has 0 amide bonds. The summed E-state index contributed by atoms with van der Waals surface area (Å²) in [6.07, 6.45) is 0. The lowest BCUT2D eigenvalue weighted by Crippen LogP contribution is -2.27. The van der Waals surface area contributed by atoms with Gasteiger partial charge in [-0.15, -0.1) is 0 Å². The molecule has 0 radical (unpaired) electrons. The lowest BCUT2D eigenvalue weighted by atomic mass is 10.1. The van der Waals surface area contributed by atoms with E-state index in [1.165, 1.54) is 7.11 Å². The molecule has 0 saturated heterocycles.